The molecule has 1 heterocycles. The molecule has 0 saturated heterocycles. The Bertz CT molecular complexity index is 856. The normalized spacial score (nSPS) is 9.97. The molecule has 0 bridgehead atoms. The van der Waals surface area contributed by atoms with Gasteiger partial charge in [0, 0.05) is 50.3 Å². The van der Waals surface area contributed by atoms with Crippen molar-refractivity contribution < 1.29 is 44.3 Å². The molecule has 0 spiro atoms. The predicted octanol–water partition coefficient (Wildman–Crippen LogP) is -0.653. The molecule has 0 atom stereocenters. The van der Waals surface area contributed by atoms with Crippen molar-refractivity contribution in [2.45, 2.75) is 34.2 Å². The van der Waals surface area contributed by atoms with Crippen LogP contribution in [0, 0.1) is 27.7 Å². The number of aromatic nitrogens is 1. The van der Waals surface area contributed by atoms with Gasteiger partial charge in [0.15, 0.2) is 0 Å². The van der Waals surface area contributed by atoms with Gasteiger partial charge in [0.2, 0.25) is 0 Å². The van der Waals surface area contributed by atoms with Crippen LogP contribution in [0.5, 0.6) is 0 Å². The predicted molar refractivity (Wildman–Crippen MR) is 128 cm³/mol. The third-order valence-electron chi connectivity index (χ3n) is 5.53. The average molecular weight is 576 g/mol. The maximum atomic E-state index is 4.53. The topological polar surface area (TPSA) is 40.2 Å². The zero-order valence-corrected chi connectivity index (χ0v) is 22.9. The summed E-state index contributed by atoms with van der Waals surface area (Å²) in [5, 5.41) is 7.28. The molecule has 0 saturated carbocycles. The zero-order valence-electron chi connectivity index (χ0n) is 19.8. The van der Waals surface area contributed by atoms with Crippen molar-refractivity contribution in [2.75, 3.05) is 36.8 Å². The Morgan fingerprint density at radius 2 is 1.12 bits per heavy atom. The molecule has 2 aromatic carbocycles. The minimum atomic E-state index is 0. The summed E-state index contributed by atoms with van der Waals surface area (Å²) in [6.07, 6.45) is 1.87. The standard InChI is InChI=1S/C26H34N4.2ClH.Rh/c1-20-9-7-10-21(2)25(20)28-15-17-30(19-24-13-5-6-14-27-24)18-16-29-26-22(3)11-8-12-23(26)4;;;/h5-14,28-29H,15-19H2,1-4H3;2*1H;/q;;;+2/p-2. The zero-order chi connectivity index (χ0) is 21.3. The molecule has 0 fully saturated rings. The van der Waals surface area contributed by atoms with Crippen LogP contribution >= 0.6 is 0 Å². The van der Waals surface area contributed by atoms with Crippen molar-refractivity contribution in [3.8, 4) is 0 Å². The van der Waals surface area contributed by atoms with E-state index in [1.54, 1.807) is 0 Å². The summed E-state index contributed by atoms with van der Waals surface area (Å²) in [5.74, 6) is 0. The van der Waals surface area contributed by atoms with Gasteiger partial charge in [-0.15, -0.1) is 0 Å². The third kappa shape index (κ3) is 9.62. The van der Waals surface area contributed by atoms with Gasteiger partial charge in [0.25, 0.3) is 0 Å². The molecule has 1 aromatic heterocycles. The Morgan fingerprint density at radius 3 is 1.52 bits per heavy atom. The summed E-state index contributed by atoms with van der Waals surface area (Å²) >= 11 is 0. The Balaban J connectivity index is 0.00000341. The van der Waals surface area contributed by atoms with Crippen LogP contribution in [-0.4, -0.2) is 36.1 Å². The van der Waals surface area contributed by atoms with Crippen LogP contribution in [0.25, 0.3) is 0 Å². The molecular formula is C26H34Cl2N4Rh. The minimum absolute atomic E-state index is 0. The second-order valence-corrected chi connectivity index (χ2v) is 7.98. The van der Waals surface area contributed by atoms with E-state index in [2.05, 4.69) is 96.7 Å². The molecule has 3 rings (SSSR count). The largest absolute Gasteiger partial charge is 2.00 e. The van der Waals surface area contributed by atoms with Gasteiger partial charge in [-0.2, -0.15) is 0 Å². The first-order valence-corrected chi connectivity index (χ1v) is 10.8. The van der Waals surface area contributed by atoms with E-state index in [0.717, 1.165) is 38.4 Å². The molecule has 0 aliphatic heterocycles. The molecule has 0 amide bonds. The minimum Gasteiger partial charge on any atom is -1.00 e. The Kier molecular flexibility index (Phi) is 15.3. The second kappa shape index (κ2) is 16.1. The van der Waals surface area contributed by atoms with Gasteiger partial charge in [0.05, 0.1) is 5.69 Å². The molecule has 4 nitrogen and oxygen atoms in total. The molecule has 3 aromatic rings. The number of halogens is 2. The van der Waals surface area contributed by atoms with E-state index in [1.165, 1.54) is 33.6 Å². The number of nitrogens with one attached hydrogen (secondary N) is 2. The van der Waals surface area contributed by atoms with E-state index < -0.39 is 0 Å². The molecule has 33 heavy (non-hydrogen) atoms. The first-order chi connectivity index (χ1) is 14.5. The number of rotatable bonds is 10. The third-order valence-corrected chi connectivity index (χ3v) is 5.53. The molecule has 0 aliphatic carbocycles. The number of aryl methyl sites for hydroxylation is 4. The molecule has 1 radical (unpaired) electrons. The fraction of sp³-hybridized carbons (Fsp3) is 0.346. The number of para-hydroxylation sites is 2. The summed E-state index contributed by atoms with van der Waals surface area (Å²) in [5.41, 5.74) is 8.79. The van der Waals surface area contributed by atoms with Crippen molar-refractivity contribution in [2.24, 2.45) is 0 Å². The van der Waals surface area contributed by atoms with Crippen molar-refractivity contribution >= 4 is 11.4 Å². The fourth-order valence-electron chi connectivity index (χ4n) is 3.86. The van der Waals surface area contributed by atoms with E-state index >= 15 is 0 Å². The van der Waals surface area contributed by atoms with Crippen molar-refractivity contribution in [3.63, 3.8) is 0 Å². The maximum Gasteiger partial charge on any atom is 2.00 e. The van der Waals surface area contributed by atoms with Gasteiger partial charge in [-0.1, -0.05) is 42.5 Å². The Hall–Kier alpha value is -1.65. The van der Waals surface area contributed by atoms with Gasteiger partial charge in [0.1, 0.15) is 0 Å². The number of hydrogen-bond donors (Lipinski definition) is 2. The fourth-order valence-corrected chi connectivity index (χ4v) is 3.86. The molecule has 0 aliphatic rings. The number of anilines is 2. The molecule has 2 N–H and O–H groups in total. The van der Waals surface area contributed by atoms with Crippen LogP contribution < -0.4 is 35.4 Å². The van der Waals surface area contributed by atoms with E-state index in [4.69, 9.17) is 0 Å². The van der Waals surface area contributed by atoms with E-state index in [-0.39, 0.29) is 44.3 Å². The number of nitrogens with zero attached hydrogens (tertiary/aromatic N) is 2. The number of benzene rings is 2. The Labute approximate surface area is 224 Å². The first kappa shape index (κ1) is 31.4. The van der Waals surface area contributed by atoms with Gasteiger partial charge in [-0.3, -0.25) is 9.88 Å². The van der Waals surface area contributed by atoms with Crippen LogP contribution in [0.15, 0.2) is 60.8 Å². The summed E-state index contributed by atoms with van der Waals surface area (Å²) in [6, 6.07) is 19.0. The van der Waals surface area contributed by atoms with Crippen molar-refractivity contribution in [1.82, 2.24) is 9.88 Å². The van der Waals surface area contributed by atoms with Crippen LogP contribution in [0.3, 0.4) is 0 Å². The second-order valence-electron chi connectivity index (χ2n) is 7.98. The van der Waals surface area contributed by atoms with Gasteiger partial charge >= 0.3 is 19.5 Å². The van der Waals surface area contributed by atoms with E-state index in [0.29, 0.717) is 0 Å². The van der Waals surface area contributed by atoms with Crippen molar-refractivity contribution in [3.05, 3.63) is 88.7 Å². The number of hydrogen-bond acceptors (Lipinski definition) is 4. The van der Waals surface area contributed by atoms with Crippen LogP contribution in [0.2, 0.25) is 0 Å². The average Bonchev–Trinajstić information content (AvgIpc) is 2.73. The first-order valence-electron chi connectivity index (χ1n) is 10.8. The van der Waals surface area contributed by atoms with Crippen molar-refractivity contribution in [1.29, 1.82) is 0 Å². The van der Waals surface area contributed by atoms with Gasteiger partial charge in [-0.05, 0) is 62.1 Å². The summed E-state index contributed by atoms with van der Waals surface area (Å²) in [4.78, 5) is 6.99. The summed E-state index contributed by atoms with van der Waals surface area (Å²) in [6.45, 7) is 13.2. The quantitative estimate of drug-likeness (QED) is 0.315. The van der Waals surface area contributed by atoms with Gasteiger partial charge in [-0.25, -0.2) is 0 Å². The summed E-state index contributed by atoms with van der Waals surface area (Å²) in [7, 11) is 0. The van der Waals surface area contributed by atoms with Crippen LogP contribution in [0.1, 0.15) is 27.9 Å². The van der Waals surface area contributed by atoms with E-state index in [9.17, 15) is 0 Å². The monoisotopic (exact) mass is 575 g/mol. The molecule has 7 heteroatoms. The molecule has 0 unspecified atom stereocenters. The molecular weight excluding hydrogens is 542 g/mol. The van der Waals surface area contributed by atoms with E-state index in [1.807, 2.05) is 12.3 Å². The molecule has 181 valence electrons. The Morgan fingerprint density at radius 1 is 0.667 bits per heavy atom. The van der Waals surface area contributed by atoms with Crippen LogP contribution in [-0.2, 0) is 26.0 Å². The maximum absolute atomic E-state index is 4.53. The number of pyridine rings is 1. The van der Waals surface area contributed by atoms with Gasteiger partial charge < -0.3 is 35.4 Å². The smallest absolute Gasteiger partial charge is 1.00 e. The van der Waals surface area contributed by atoms with Crippen LogP contribution in [0.4, 0.5) is 11.4 Å². The SMILES string of the molecule is Cc1cccc(C)c1NCCN(CCNc1c(C)cccc1C)Cc1ccccn1.[Cl-].[Cl-].[Rh+2]. The summed E-state index contributed by atoms with van der Waals surface area (Å²) < 4.78 is 0.